The highest BCUT2D eigenvalue weighted by molar-refractivity contribution is 9.11. The zero-order chi connectivity index (χ0) is 12.5. The first-order valence-corrected chi connectivity index (χ1v) is 7.61. The van der Waals surface area contributed by atoms with Crippen LogP contribution in [-0.4, -0.2) is 12.5 Å². The summed E-state index contributed by atoms with van der Waals surface area (Å²) >= 11 is 5.12. The molecule has 1 aromatic rings. The fraction of sp³-hybridized carbons (Fsp3) is 0.583. The van der Waals surface area contributed by atoms with Crippen molar-refractivity contribution in [3.8, 4) is 0 Å². The van der Waals surface area contributed by atoms with Gasteiger partial charge in [-0.25, -0.2) is 4.99 Å². The first-order chi connectivity index (χ1) is 8.22. The number of nitrogens with one attached hydrogen (secondary N) is 1. The number of rotatable bonds is 7. The van der Waals surface area contributed by atoms with Gasteiger partial charge in [0, 0.05) is 11.4 Å². The highest BCUT2D eigenvalue weighted by Gasteiger charge is 1.97. The van der Waals surface area contributed by atoms with Gasteiger partial charge in [0.15, 0.2) is 5.96 Å². The summed E-state index contributed by atoms with van der Waals surface area (Å²) in [6.45, 7) is 3.79. The van der Waals surface area contributed by atoms with Gasteiger partial charge in [-0.3, -0.25) is 0 Å². The van der Waals surface area contributed by atoms with E-state index in [2.05, 4.69) is 39.2 Å². The number of unbranched alkanes of at least 4 members (excludes halogenated alkanes) is 3. The molecule has 3 N–H and O–H groups in total. The third-order valence-corrected chi connectivity index (χ3v) is 3.98. The molecule has 0 atom stereocenters. The fourth-order valence-electron chi connectivity index (χ4n) is 1.42. The van der Waals surface area contributed by atoms with Crippen molar-refractivity contribution in [2.75, 3.05) is 6.54 Å². The molecule has 0 saturated carbocycles. The van der Waals surface area contributed by atoms with Crippen LogP contribution in [0.5, 0.6) is 0 Å². The number of nitrogens with zero attached hydrogens (tertiary/aromatic N) is 1. The van der Waals surface area contributed by atoms with Gasteiger partial charge in [-0.1, -0.05) is 26.2 Å². The Bertz CT molecular complexity index is 349. The van der Waals surface area contributed by atoms with E-state index in [0.29, 0.717) is 12.5 Å². The molecule has 0 spiro atoms. The average Bonchev–Trinajstić information content (AvgIpc) is 2.72. The fourth-order valence-corrected chi connectivity index (χ4v) is 2.83. The lowest BCUT2D eigenvalue weighted by Crippen LogP contribution is -2.32. The van der Waals surface area contributed by atoms with Crippen molar-refractivity contribution in [1.82, 2.24) is 5.32 Å². The van der Waals surface area contributed by atoms with Gasteiger partial charge in [0.05, 0.1) is 10.3 Å². The second kappa shape index (κ2) is 8.53. The summed E-state index contributed by atoms with van der Waals surface area (Å²) in [4.78, 5) is 5.51. The van der Waals surface area contributed by atoms with Crippen molar-refractivity contribution in [3.63, 3.8) is 0 Å². The Labute approximate surface area is 116 Å². The van der Waals surface area contributed by atoms with Gasteiger partial charge in [0.2, 0.25) is 0 Å². The zero-order valence-corrected chi connectivity index (χ0v) is 12.6. The summed E-state index contributed by atoms with van der Waals surface area (Å²) in [7, 11) is 0. The summed E-state index contributed by atoms with van der Waals surface area (Å²) in [5.41, 5.74) is 5.77. The maximum Gasteiger partial charge on any atom is 0.188 e. The summed E-state index contributed by atoms with van der Waals surface area (Å²) in [6.07, 6.45) is 4.97. The lowest BCUT2D eigenvalue weighted by molar-refractivity contribution is 0.652. The molecule has 0 saturated heterocycles. The summed E-state index contributed by atoms with van der Waals surface area (Å²) in [6, 6.07) is 4.09. The molecular weight excluding hydrogens is 298 g/mol. The van der Waals surface area contributed by atoms with Gasteiger partial charge >= 0.3 is 0 Å². The zero-order valence-electron chi connectivity index (χ0n) is 10.2. The van der Waals surface area contributed by atoms with Crippen molar-refractivity contribution in [1.29, 1.82) is 0 Å². The van der Waals surface area contributed by atoms with Gasteiger partial charge in [0.1, 0.15) is 0 Å². The van der Waals surface area contributed by atoms with E-state index in [1.165, 1.54) is 24.1 Å². The predicted molar refractivity (Wildman–Crippen MR) is 79.5 cm³/mol. The SMILES string of the molecule is CCCCCCNC(N)=NCc1ccc(Br)s1. The minimum absolute atomic E-state index is 0.547. The number of hydrogen-bond donors (Lipinski definition) is 2. The minimum Gasteiger partial charge on any atom is -0.370 e. The van der Waals surface area contributed by atoms with Gasteiger partial charge < -0.3 is 11.1 Å². The van der Waals surface area contributed by atoms with Crippen molar-refractivity contribution >= 4 is 33.2 Å². The van der Waals surface area contributed by atoms with Gasteiger partial charge in [-0.05, 0) is 34.5 Å². The summed E-state index contributed by atoms with van der Waals surface area (Å²) < 4.78 is 1.13. The molecule has 0 amide bonds. The van der Waals surface area contributed by atoms with Crippen molar-refractivity contribution in [3.05, 3.63) is 20.8 Å². The quantitative estimate of drug-likeness (QED) is 0.459. The van der Waals surface area contributed by atoms with E-state index in [-0.39, 0.29) is 0 Å². The van der Waals surface area contributed by atoms with Crippen LogP contribution in [0.2, 0.25) is 0 Å². The second-order valence-corrected chi connectivity index (χ2v) is 6.44. The molecule has 0 fully saturated rings. The largest absolute Gasteiger partial charge is 0.370 e. The Morgan fingerprint density at radius 1 is 1.41 bits per heavy atom. The van der Waals surface area contributed by atoms with Crippen LogP contribution in [0.25, 0.3) is 0 Å². The molecule has 17 heavy (non-hydrogen) atoms. The molecule has 0 aliphatic carbocycles. The standard InChI is InChI=1S/C12H20BrN3S/c1-2-3-4-5-8-15-12(14)16-9-10-6-7-11(13)17-10/h6-7H,2-5,8-9H2,1H3,(H3,14,15,16). The van der Waals surface area contributed by atoms with E-state index in [9.17, 15) is 0 Å². The molecule has 1 aromatic heterocycles. The molecule has 3 nitrogen and oxygen atoms in total. The highest BCUT2D eigenvalue weighted by atomic mass is 79.9. The molecule has 5 heteroatoms. The van der Waals surface area contributed by atoms with E-state index >= 15 is 0 Å². The van der Waals surface area contributed by atoms with Crippen LogP contribution in [0, 0.1) is 0 Å². The number of nitrogens with two attached hydrogens (primary N) is 1. The average molecular weight is 318 g/mol. The molecule has 0 unspecified atom stereocenters. The maximum atomic E-state index is 5.77. The predicted octanol–water partition coefficient (Wildman–Crippen LogP) is 3.50. The number of aliphatic imine (C=N–C) groups is 1. The topological polar surface area (TPSA) is 50.4 Å². The van der Waals surface area contributed by atoms with Crippen LogP contribution in [0.15, 0.2) is 20.9 Å². The molecule has 96 valence electrons. The van der Waals surface area contributed by atoms with Crippen LogP contribution < -0.4 is 11.1 Å². The normalized spacial score (nSPS) is 11.8. The summed E-state index contributed by atoms with van der Waals surface area (Å²) in [5, 5.41) is 3.14. The lowest BCUT2D eigenvalue weighted by atomic mass is 10.2. The maximum absolute atomic E-state index is 5.77. The third-order valence-electron chi connectivity index (χ3n) is 2.37. The van der Waals surface area contributed by atoms with E-state index in [0.717, 1.165) is 16.8 Å². The Hall–Kier alpha value is -0.550. The Morgan fingerprint density at radius 2 is 2.24 bits per heavy atom. The van der Waals surface area contributed by atoms with Gasteiger partial charge in [0.25, 0.3) is 0 Å². The molecular formula is C12H20BrN3S. The second-order valence-electron chi connectivity index (χ2n) is 3.89. The Morgan fingerprint density at radius 3 is 2.88 bits per heavy atom. The summed E-state index contributed by atoms with van der Waals surface area (Å²) in [5.74, 6) is 0.547. The van der Waals surface area contributed by atoms with Crippen molar-refractivity contribution < 1.29 is 0 Å². The Kier molecular flexibility index (Phi) is 7.28. The van der Waals surface area contributed by atoms with Crippen molar-refractivity contribution in [2.45, 2.75) is 39.2 Å². The minimum atomic E-state index is 0.547. The van der Waals surface area contributed by atoms with Crippen LogP contribution in [0.1, 0.15) is 37.5 Å². The third kappa shape index (κ3) is 6.68. The molecule has 0 aromatic carbocycles. The van der Waals surface area contributed by atoms with Crippen LogP contribution in [0.4, 0.5) is 0 Å². The first kappa shape index (κ1) is 14.5. The van der Waals surface area contributed by atoms with E-state index < -0.39 is 0 Å². The first-order valence-electron chi connectivity index (χ1n) is 6.00. The van der Waals surface area contributed by atoms with Crippen molar-refractivity contribution in [2.24, 2.45) is 10.7 Å². The molecule has 0 aliphatic heterocycles. The number of halogens is 1. The van der Waals surface area contributed by atoms with Gasteiger partial charge in [-0.15, -0.1) is 11.3 Å². The van der Waals surface area contributed by atoms with Crippen LogP contribution in [-0.2, 0) is 6.54 Å². The number of guanidine groups is 1. The van der Waals surface area contributed by atoms with Gasteiger partial charge in [-0.2, -0.15) is 0 Å². The van der Waals surface area contributed by atoms with Crippen LogP contribution in [0.3, 0.4) is 0 Å². The monoisotopic (exact) mass is 317 g/mol. The molecule has 1 rings (SSSR count). The smallest absolute Gasteiger partial charge is 0.188 e. The van der Waals surface area contributed by atoms with E-state index in [1.807, 2.05) is 6.07 Å². The highest BCUT2D eigenvalue weighted by Crippen LogP contribution is 2.22. The molecule has 0 aliphatic rings. The molecule has 0 radical (unpaired) electrons. The Balaban J connectivity index is 2.16. The van der Waals surface area contributed by atoms with E-state index in [4.69, 9.17) is 5.73 Å². The molecule has 1 heterocycles. The van der Waals surface area contributed by atoms with E-state index in [1.54, 1.807) is 11.3 Å². The lowest BCUT2D eigenvalue weighted by Gasteiger charge is -2.04. The van der Waals surface area contributed by atoms with Crippen LogP contribution >= 0.6 is 27.3 Å². The molecule has 0 bridgehead atoms. The number of hydrogen-bond acceptors (Lipinski definition) is 2. The number of thiophene rings is 1.